The van der Waals surface area contributed by atoms with Crippen LogP contribution in [0.2, 0.25) is 0 Å². The van der Waals surface area contributed by atoms with Crippen LogP contribution in [0.25, 0.3) is 0 Å². The van der Waals surface area contributed by atoms with Gasteiger partial charge in [-0.15, -0.1) is 0 Å². The van der Waals surface area contributed by atoms with Crippen molar-refractivity contribution in [3.05, 3.63) is 23.5 Å². The van der Waals surface area contributed by atoms with E-state index < -0.39 is 6.16 Å². The Hall–Kier alpha value is -0.681. The molecule has 2 aliphatic carbocycles. The van der Waals surface area contributed by atoms with Crippen LogP contribution >= 0.6 is 20.2 Å². The van der Waals surface area contributed by atoms with Gasteiger partial charge in [0.1, 0.15) is 6.61 Å². The van der Waals surface area contributed by atoms with Crippen molar-refractivity contribution < 1.29 is 32.1 Å². The molecule has 2 bridgehead atoms. The summed E-state index contributed by atoms with van der Waals surface area (Å²) >= 11 is 0.00694. The number of hydrogen-bond acceptors (Lipinski definition) is 9. The maximum absolute atomic E-state index is 12.2. The number of hydrogen-bond donors (Lipinski definition) is 4. The molecule has 4 N–H and O–H groups in total. The number of carbonyl (C=O) groups excluding carboxylic acids is 1. The van der Waals surface area contributed by atoms with Gasteiger partial charge in [0.25, 0.3) is 0 Å². The molecule has 1 aromatic heterocycles. The molecule has 0 amide bonds. The molecule has 2 fully saturated rings. The standard InChI is InChI=1S/C25H41N5O4.2ClH.Mn/c1-32-14-15-33-25(31)34-24-11-10-18-16-28-21-8-4-2-6-19(21)26-12-13-27-20-7-3-5-9-22(20)29-17-23(24)30-18;;;/h10-11,19-22,26-29H,2-9,12-17H2,1H3;2*1H;/q;;;+2/p-2/t19-,20-,21-,22-;;;/m1.../s1. The molecule has 1 aliphatic heterocycles. The molecule has 0 spiro atoms. The van der Waals surface area contributed by atoms with Gasteiger partial charge in [-0.1, -0.05) is 25.7 Å². The predicted molar refractivity (Wildman–Crippen MR) is 142 cm³/mol. The van der Waals surface area contributed by atoms with Crippen molar-refractivity contribution in [1.82, 2.24) is 26.3 Å². The number of nitrogens with zero attached hydrogens (tertiary/aromatic N) is 1. The molecule has 0 radical (unpaired) electrons. The minimum atomic E-state index is -0.731. The van der Waals surface area contributed by atoms with Crippen LogP contribution in [-0.4, -0.2) is 68.7 Å². The first-order valence-corrected chi connectivity index (χ1v) is 16.5. The van der Waals surface area contributed by atoms with E-state index >= 15 is 0 Å². The van der Waals surface area contributed by atoms with E-state index in [1.807, 2.05) is 12.1 Å². The van der Waals surface area contributed by atoms with Crippen molar-refractivity contribution in [1.29, 1.82) is 0 Å². The van der Waals surface area contributed by atoms with Crippen LogP contribution in [0.15, 0.2) is 12.1 Å². The van der Waals surface area contributed by atoms with E-state index in [9.17, 15) is 4.79 Å². The molecule has 0 saturated heterocycles. The summed E-state index contributed by atoms with van der Waals surface area (Å²) in [6, 6.07) is 5.51. The number of pyridine rings is 1. The van der Waals surface area contributed by atoms with E-state index in [2.05, 4.69) is 21.3 Å². The fourth-order valence-corrected chi connectivity index (χ4v) is 5.40. The van der Waals surface area contributed by atoms with Gasteiger partial charge in [-0.3, -0.25) is 4.98 Å². The zero-order valence-electron chi connectivity index (χ0n) is 21.6. The number of nitrogens with one attached hydrogen (secondary N) is 4. The number of methoxy groups -OCH3 is 1. The molecule has 2 saturated carbocycles. The van der Waals surface area contributed by atoms with E-state index in [0.717, 1.165) is 30.9 Å². The molecule has 4 rings (SSSR count). The Balaban J connectivity index is 0.00000121. The first kappa shape index (κ1) is 30.9. The van der Waals surface area contributed by atoms with Gasteiger partial charge in [0.05, 0.1) is 18.0 Å². The number of carbonyl (C=O) groups is 1. The summed E-state index contributed by atoms with van der Waals surface area (Å²) in [5.41, 5.74) is 1.69. The minimum absolute atomic E-state index is 0.00694. The number of rotatable bonds is 4. The molecule has 37 heavy (non-hydrogen) atoms. The Morgan fingerprint density at radius 2 is 1.43 bits per heavy atom. The molecular weight excluding hydrogens is 560 g/mol. The summed E-state index contributed by atoms with van der Waals surface area (Å²) < 4.78 is 15.5. The topological polar surface area (TPSA) is 106 Å². The second-order valence-corrected chi connectivity index (χ2v) is 11.6. The third-order valence-corrected chi connectivity index (χ3v) is 7.24. The number of halogens is 2. The molecule has 4 atom stereocenters. The van der Waals surface area contributed by atoms with E-state index in [4.69, 9.17) is 39.4 Å². The molecule has 211 valence electrons. The van der Waals surface area contributed by atoms with Crippen molar-refractivity contribution >= 4 is 26.4 Å². The van der Waals surface area contributed by atoms with Crippen LogP contribution in [0.1, 0.15) is 62.8 Å². The van der Waals surface area contributed by atoms with Crippen LogP contribution in [-0.2, 0) is 35.7 Å². The van der Waals surface area contributed by atoms with Crippen LogP contribution in [0, 0.1) is 0 Å². The van der Waals surface area contributed by atoms with Crippen LogP contribution in [0.5, 0.6) is 5.75 Å². The summed E-state index contributed by atoms with van der Waals surface area (Å²) in [7, 11) is 11.2. The van der Waals surface area contributed by atoms with Gasteiger partial charge in [-0.25, -0.2) is 4.79 Å². The molecule has 3 aliphatic rings. The van der Waals surface area contributed by atoms with Gasteiger partial charge in [0, 0.05) is 57.5 Å². The average Bonchev–Trinajstić information content (AvgIpc) is 2.91. The monoisotopic (exact) mass is 600 g/mol. The molecule has 0 unspecified atom stereocenters. The summed E-state index contributed by atoms with van der Waals surface area (Å²) in [5.74, 6) is 0.445. The van der Waals surface area contributed by atoms with Crippen molar-refractivity contribution in [2.75, 3.05) is 33.4 Å². The molecule has 2 heterocycles. The average molecular weight is 601 g/mol. The Bertz CT molecular complexity index is 812. The molecule has 0 aromatic carbocycles. The normalized spacial score (nSPS) is 26.7. The summed E-state index contributed by atoms with van der Waals surface area (Å²) in [5, 5.41) is 15.0. The van der Waals surface area contributed by atoms with Crippen LogP contribution in [0.4, 0.5) is 4.79 Å². The van der Waals surface area contributed by atoms with Crippen molar-refractivity contribution in [3.8, 4) is 5.75 Å². The third kappa shape index (κ3) is 10.8. The number of aromatic nitrogens is 1. The van der Waals surface area contributed by atoms with Crippen molar-refractivity contribution in [2.24, 2.45) is 0 Å². The van der Waals surface area contributed by atoms with E-state index in [-0.39, 0.29) is 19.7 Å². The van der Waals surface area contributed by atoms with Gasteiger partial charge < -0.3 is 35.5 Å². The SMILES string of the molecule is COCCOC(=O)Oc1ccc2nc1CN[C@@H]1CCCC[C@H]1NCCN[C@@H]1CCCC[C@H]1NC2.[Cl][Mn][Cl]. The Morgan fingerprint density at radius 3 is 2.00 bits per heavy atom. The van der Waals surface area contributed by atoms with Crippen molar-refractivity contribution in [2.45, 2.75) is 88.6 Å². The third-order valence-electron chi connectivity index (χ3n) is 7.24. The van der Waals surface area contributed by atoms with Crippen molar-refractivity contribution in [3.63, 3.8) is 0 Å². The summed E-state index contributed by atoms with van der Waals surface area (Å²) in [6.45, 7) is 3.69. The second kappa shape index (κ2) is 17.8. The van der Waals surface area contributed by atoms with Gasteiger partial charge >= 0.3 is 39.5 Å². The first-order valence-electron chi connectivity index (χ1n) is 13.3. The fourth-order valence-electron chi connectivity index (χ4n) is 5.40. The Kier molecular flexibility index (Phi) is 14.9. The molecular formula is C25H41Cl2MnN5O4. The zero-order chi connectivity index (χ0) is 26.3. The van der Waals surface area contributed by atoms with Gasteiger partial charge in [0.15, 0.2) is 5.75 Å². The van der Waals surface area contributed by atoms with E-state index in [1.54, 1.807) is 7.11 Å². The number of fused-ring (bicyclic) bond motifs is 4. The Morgan fingerprint density at radius 1 is 0.892 bits per heavy atom. The van der Waals surface area contributed by atoms with Gasteiger partial charge in [-0.2, -0.15) is 0 Å². The summed E-state index contributed by atoms with van der Waals surface area (Å²) in [6.07, 6.45) is 8.99. The Labute approximate surface area is 235 Å². The summed E-state index contributed by atoms with van der Waals surface area (Å²) in [4.78, 5) is 17.1. The predicted octanol–water partition coefficient (Wildman–Crippen LogP) is 3.61. The first-order chi connectivity index (χ1) is 18.1. The molecule has 12 heteroatoms. The van der Waals surface area contributed by atoms with Gasteiger partial charge in [0.2, 0.25) is 0 Å². The van der Waals surface area contributed by atoms with Crippen LogP contribution in [0.3, 0.4) is 0 Å². The van der Waals surface area contributed by atoms with Crippen LogP contribution < -0.4 is 26.0 Å². The number of ether oxygens (including phenoxy) is 3. The van der Waals surface area contributed by atoms with Gasteiger partial charge in [-0.05, 0) is 37.8 Å². The quantitative estimate of drug-likeness (QED) is 0.234. The van der Waals surface area contributed by atoms with E-state index in [0.29, 0.717) is 49.6 Å². The maximum atomic E-state index is 12.2. The van der Waals surface area contributed by atoms with E-state index in [1.165, 1.54) is 44.9 Å². The second-order valence-electron chi connectivity index (χ2n) is 9.66. The molecule has 9 nitrogen and oxygen atoms in total. The molecule has 1 aromatic rings. The zero-order valence-corrected chi connectivity index (χ0v) is 24.3. The fraction of sp³-hybridized carbons (Fsp3) is 0.760.